The second kappa shape index (κ2) is 8.64. The number of phenols is 2. The third-order valence-electron chi connectivity index (χ3n) is 2.89. The molecule has 20 heavy (non-hydrogen) atoms. The zero-order chi connectivity index (χ0) is 14.8. The molecular weight excluding hydrogens is 260 g/mol. The molecule has 0 radical (unpaired) electrons. The Kier molecular flexibility index (Phi) is 6.76. The van der Waals surface area contributed by atoms with Gasteiger partial charge >= 0.3 is 0 Å². The van der Waals surface area contributed by atoms with Gasteiger partial charge in [0.25, 0.3) is 0 Å². The Morgan fingerprint density at radius 1 is 1.10 bits per heavy atom. The first-order valence-electron chi connectivity index (χ1n) is 6.31. The van der Waals surface area contributed by atoms with Crippen LogP contribution in [0.3, 0.4) is 0 Å². The van der Waals surface area contributed by atoms with E-state index >= 15 is 0 Å². The van der Waals surface area contributed by atoms with Crippen LogP contribution in [0.4, 0.5) is 0 Å². The largest absolute Gasteiger partial charge is 0.508 e. The number of aliphatic imine (C=N–C) groups is 2. The molecule has 0 amide bonds. The number of aromatic hydroxyl groups is 2. The standard InChI is InChI=1S/C14H16N2O4/c17-9-15-7-3-1-2-4-13(16-10-18)12-8-11(19)5-6-14(12)20/h5-6,8,13,19-20H,1-4,7H2. The van der Waals surface area contributed by atoms with Crippen LogP contribution in [0.25, 0.3) is 0 Å². The van der Waals surface area contributed by atoms with Crippen molar-refractivity contribution in [2.45, 2.75) is 31.7 Å². The van der Waals surface area contributed by atoms with Gasteiger partial charge in [0, 0.05) is 5.56 Å². The summed E-state index contributed by atoms with van der Waals surface area (Å²) in [6.07, 6.45) is 5.81. The number of carbonyl (C=O) groups excluding carboxylic acids is 2. The summed E-state index contributed by atoms with van der Waals surface area (Å²) < 4.78 is 0. The molecule has 0 spiro atoms. The maximum absolute atomic E-state index is 10.5. The van der Waals surface area contributed by atoms with E-state index in [1.165, 1.54) is 30.4 Å². The van der Waals surface area contributed by atoms with Crippen molar-refractivity contribution in [2.24, 2.45) is 9.98 Å². The van der Waals surface area contributed by atoms with E-state index in [0.717, 1.165) is 19.3 Å². The van der Waals surface area contributed by atoms with Gasteiger partial charge in [-0.25, -0.2) is 14.6 Å². The first-order valence-corrected chi connectivity index (χ1v) is 6.31. The molecule has 0 fully saturated rings. The van der Waals surface area contributed by atoms with Crippen molar-refractivity contribution in [3.8, 4) is 11.5 Å². The van der Waals surface area contributed by atoms with Crippen molar-refractivity contribution in [1.82, 2.24) is 0 Å². The van der Waals surface area contributed by atoms with Crippen LogP contribution in [0.2, 0.25) is 0 Å². The van der Waals surface area contributed by atoms with E-state index in [0.29, 0.717) is 18.5 Å². The average Bonchev–Trinajstić information content (AvgIpc) is 2.44. The normalized spacial score (nSPS) is 11.2. The molecule has 0 aliphatic rings. The number of rotatable bonds is 8. The van der Waals surface area contributed by atoms with E-state index in [-0.39, 0.29) is 11.5 Å². The molecule has 1 atom stereocenters. The lowest BCUT2D eigenvalue weighted by Gasteiger charge is -2.12. The van der Waals surface area contributed by atoms with Gasteiger partial charge in [-0.2, -0.15) is 4.99 Å². The average molecular weight is 276 g/mol. The van der Waals surface area contributed by atoms with Crippen molar-refractivity contribution in [3.63, 3.8) is 0 Å². The van der Waals surface area contributed by atoms with E-state index in [2.05, 4.69) is 9.98 Å². The third kappa shape index (κ3) is 5.06. The summed E-state index contributed by atoms with van der Waals surface area (Å²) in [7, 11) is 0. The maximum atomic E-state index is 10.5. The molecule has 1 aromatic carbocycles. The van der Waals surface area contributed by atoms with Gasteiger partial charge in [-0.05, 0) is 31.0 Å². The Bertz CT molecular complexity index is 532. The highest BCUT2D eigenvalue weighted by Crippen LogP contribution is 2.33. The molecule has 2 N–H and O–H groups in total. The van der Waals surface area contributed by atoms with E-state index in [1.807, 2.05) is 0 Å². The van der Waals surface area contributed by atoms with Gasteiger partial charge in [-0.15, -0.1) is 0 Å². The van der Waals surface area contributed by atoms with Crippen molar-refractivity contribution in [3.05, 3.63) is 23.8 Å². The molecular formula is C14H16N2O4. The van der Waals surface area contributed by atoms with Crippen LogP contribution in [0.1, 0.15) is 37.3 Å². The van der Waals surface area contributed by atoms with Crippen molar-refractivity contribution in [1.29, 1.82) is 0 Å². The number of benzene rings is 1. The molecule has 0 saturated carbocycles. The second-order valence-electron chi connectivity index (χ2n) is 4.30. The summed E-state index contributed by atoms with van der Waals surface area (Å²) in [5.41, 5.74) is 0.402. The number of phenolic OH excluding ortho intramolecular Hbond substituents is 2. The zero-order valence-electron chi connectivity index (χ0n) is 11.0. The lowest BCUT2D eigenvalue weighted by Crippen LogP contribution is -1.97. The number of hydrogen-bond donors (Lipinski definition) is 2. The SMILES string of the molecule is O=C=NCCCCCC(N=C=O)c1cc(O)ccc1O. The first kappa shape index (κ1) is 15.6. The highest BCUT2D eigenvalue weighted by molar-refractivity contribution is 5.43. The molecule has 0 bridgehead atoms. The zero-order valence-corrected chi connectivity index (χ0v) is 11.0. The van der Waals surface area contributed by atoms with Crippen LogP contribution in [-0.2, 0) is 9.59 Å². The van der Waals surface area contributed by atoms with E-state index in [1.54, 1.807) is 0 Å². The van der Waals surface area contributed by atoms with Gasteiger partial charge in [0.05, 0.1) is 12.6 Å². The Morgan fingerprint density at radius 3 is 2.60 bits per heavy atom. The first-order chi connectivity index (χ1) is 9.69. The van der Waals surface area contributed by atoms with Gasteiger partial charge in [0.1, 0.15) is 11.5 Å². The summed E-state index contributed by atoms with van der Waals surface area (Å²) in [6, 6.07) is 3.57. The third-order valence-corrected chi connectivity index (χ3v) is 2.89. The van der Waals surface area contributed by atoms with E-state index in [9.17, 15) is 19.8 Å². The highest BCUT2D eigenvalue weighted by Gasteiger charge is 2.15. The van der Waals surface area contributed by atoms with Gasteiger partial charge in [0.2, 0.25) is 12.2 Å². The minimum atomic E-state index is -0.533. The Morgan fingerprint density at radius 2 is 1.90 bits per heavy atom. The highest BCUT2D eigenvalue weighted by atomic mass is 16.3. The molecule has 1 aromatic rings. The van der Waals surface area contributed by atoms with Gasteiger partial charge in [-0.1, -0.05) is 12.8 Å². The maximum Gasteiger partial charge on any atom is 0.235 e. The fraction of sp³-hybridized carbons (Fsp3) is 0.429. The molecule has 0 aliphatic heterocycles. The number of nitrogens with zero attached hydrogens (tertiary/aromatic N) is 2. The number of hydrogen-bond acceptors (Lipinski definition) is 6. The fourth-order valence-corrected chi connectivity index (χ4v) is 1.91. The number of isocyanates is 2. The summed E-state index contributed by atoms with van der Waals surface area (Å²) in [4.78, 5) is 27.5. The molecule has 0 aliphatic carbocycles. The summed E-state index contributed by atoms with van der Waals surface area (Å²) in [5.74, 6) is -0.0124. The van der Waals surface area contributed by atoms with Crippen LogP contribution in [0.15, 0.2) is 28.2 Å². The lowest BCUT2D eigenvalue weighted by molar-refractivity contribution is 0.443. The van der Waals surface area contributed by atoms with Gasteiger partial charge < -0.3 is 10.2 Å². The van der Waals surface area contributed by atoms with Crippen molar-refractivity contribution < 1.29 is 19.8 Å². The predicted molar refractivity (Wildman–Crippen MR) is 72.1 cm³/mol. The number of unbranched alkanes of at least 4 members (excludes halogenated alkanes) is 2. The summed E-state index contributed by atoms with van der Waals surface area (Å²) >= 11 is 0. The Labute approximate surface area is 116 Å². The molecule has 6 heteroatoms. The van der Waals surface area contributed by atoms with Crippen LogP contribution in [0.5, 0.6) is 11.5 Å². The molecule has 6 nitrogen and oxygen atoms in total. The van der Waals surface area contributed by atoms with Crippen molar-refractivity contribution >= 4 is 12.2 Å². The monoisotopic (exact) mass is 276 g/mol. The molecule has 0 heterocycles. The Hall–Kier alpha value is -2.42. The minimum Gasteiger partial charge on any atom is -0.508 e. The van der Waals surface area contributed by atoms with Crippen LogP contribution < -0.4 is 0 Å². The van der Waals surface area contributed by atoms with E-state index < -0.39 is 6.04 Å². The summed E-state index contributed by atoms with van der Waals surface area (Å²) in [6.45, 7) is 0.433. The van der Waals surface area contributed by atoms with Crippen LogP contribution in [0, 0.1) is 0 Å². The molecule has 0 saturated heterocycles. The van der Waals surface area contributed by atoms with Crippen LogP contribution >= 0.6 is 0 Å². The van der Waals surface area contributed by atoms with Crippen molar-refractivity contribution in [2.75, 3.05) is 6.54 Å². The summed E-state index contributed by atoms with van der Waals surface area (Å²) in [5, 5.41) is 19.2. The predicted octanol–water partition coefficient (Wildman–Crippen LogP) is 2.37. The minimum absolute atomic E-state index is 0.00391. The lowest BCUT2D eigenvalue weighted by atomic mass is 9.99. The van der Waals surface area contributed by atoms with Gasteiger partial charge in [0.15, 0.2) is 0 Å². The fourth-order valence-electron chi connectivity index (χ4n) is 1.91. The Balaban J connectivity index is 2.62. The van der Waals surface area contributed by atoms with Gasteiger partial charge in [-0.3, -0.25) is 0 Å². The second-order valence-corrected chi connectivity index (χ2v) is 4.30. The van der Waals surface area contributed by atoms with E-state index in [4.69, 9.17) is 0 Å². The quantitative estimate of drug-likeness (QED) is 0.329. The molecule has 1 rings (SSSR count). The smallest absolute Gasteiger partial charge is 0.235 e. The topological polar surface area (TPSA) is 99.3 Å². The van der Waals surface area contributed by atoms with Crippen LogP contribution in [-0.4, -0.2) is 28.9 Å². The molecule has 0 aromatic heterocycles. The molecule has 1 unspecified atom stereocenters. The molecule has 106 valence electrons.